The summed E-state index contributed by atoms with van der Waals surface area (Å²) in [5.41, 5.74) is 0.947. The second-order valence-corrected chi connectivity index (χ2v) is 4.56. The van der Waals surface area contributed by atoms with E-state index in [-0.39, 0.29) is 6.03 Å². The van der Waals surface area contributed by atoms with E-state index in [2.05, 4.69) is 5.32 Å². The number of carbonyl (C=O) groups excluding carboxylic acids is 1. The Morgan fingerprint density at radius 3 is 2.62 bits per heavy atom. The van der Waals surface area contributed by atoms with E-state index in [1.807, 2.05) is 6.07 Å². The summed E-state index contributed by atoms with van der Waals surface area (Å²) < 4.78 is 0. The molecule has 16 heavy (non-hydrogen) atoms. The van der Waals surface area contributed by atoms with Gasteiger partial charge in [0.1, 0.15) is 0 Å². The fraction of sp³-hybridized carbons (Fsp3) is 0.364. The molecule has 2 amide bonds. The number of carbonyl (C=O) groups is 1. The highest BCUT2D eigenvalue weighted by Gasteiger charge is 2.19. The molecule has 1 saturated heterocycles. The fourth-order valence-electron chi connectivity index (χ4n) is 1.46. The number of nitrogens with zero attached hydrogens (tertiary/aromatic N) is 1. The van der Waals surface area contributed by atoms with E-state index < -0.39 is 0 Å². The fourth-order valence-corrected chi connectivity index (χ4v) is 1.78. The standard InChI is InChI=1S/C11H12Cl2N2O/c12-9-3-2-8(6-10(9)13)7-14-11(16)15-4-1-5-15/h2-3,6H,1,4-5,7H2,(H,14,16). The summed E-state index contributed by atoms with van der Waals surface area (Å²) in [5, 5.41) is 3.87. The number of amides is 2. The summed E-state index contributed by atoms with van der Waals surface area (Å²) in [4.78, 5) is 13.3. The van der Waals surface area contributed by atoms with Crippen LogP contribution in [-0.2, 0) is 6.54 Å². The molecule has 0 aliphatic carbocycles. The van der Waals surface area contributed by atoms with Crippen LogP contribution in [0, 0.1) is 0 Å². The van der Waals surface area contributed by atoms with Crippen molar-refractivity contribution in [3.63, 3.8) is 0 Å². The number of nitrogens with one attached hydrogen (secondary N) is 1. The van der Waals surface area contributed by atoms with E-state index in [0.29, 0.717) is 16.6 Å². The van der Waals surface area contributed by atoms with Crippen molar-refractivity contribution < 1.29 is 4.79 Å². The molecule has 0 radical (unpaired) electrons. The van der Waals surface area contributed by atoms with Gasteiger partial charge < -0.3 is 10.2 Å². The van der Waals surface area contributed by atoms with Crippen LogP contribution in [0.2, 0.25) is 10.0 Å². The topological polar surface area (TPSA) is 32.3 Å². The molecule has 3 nitrogen and oxygen atoms in total. The molecule has 1 aliphatic rings. The Bertz CT molecular complexity index is 405. The number of halogens is 2. The molecule has 0 bridgehead atoms. The van der Waals surface area contributed by atoms with Gasteiger partial charge in [0.25, 0.3) is 0 Å². The zero-order chi connectivity index (χ0) is 11.5. The summed E-state index contributed by atoms with van der Waals surface area (Å²) in [6.45, 7) is 2.19. The minimum absolute atomic E-state index is 0.0164. The molecule has 0 saturated carbocycles. The molecule has 2 rings (SSSR count). The van der Waals surface area contributed by atoms with Crippen LogP contribution in [0.3, 0.4) is 0 Å². The number of likely N-dealkylation sites (tertiary alicyclic amines) is 1. The van der Waals surface area contributed by atoms with Gasteiger partial charge in [-0.15, -0.1) is 0 Å². The molecule has 0 aromatic heterocycles. The van der Waals surface area contributed by atoms with E-state index in [1.165, 1.54) is 0 Å². The van der Waals surface area contributed by atoms with Gasteiger partial charge in [0.2, 0.25) is 0 Å². The second kappa shape index (κ2) is 4.93. The molecule has 0 spiro atoms. The highest BCUT2D eigenvalue weighted by Crippen LogP contribution is 2.22. The average molecular weight is 259 g/mol. The molecule has 1 N–H and O–H groups in total. The maximum absolute atomic E-state index is 11.5. The second-order valence-electron chi connectivity index (χ2n) is 3.75. The molecule has 1 aliphatic heterocycles. The Hall–Kier alpha value is -0.930. The number of hydrogen-bond acceptors (Lipinski definition) is 1. The van der Waals surface area contributed by atoms with E-state index in [9.17, 15) is 4.79 Å². The Morgan fingerprint density at radius 2 is 2.06 bits per heavy atom. The average Bonchev–Trinajstić information content (AvgIpc) is 2.17. The lowest BCUT2D eigenvalue weighted by molar-refractivity contribution is 0.167. The summed E-state index contributed by atoms with van der Waals surface area (Å²) in [5.74, 6) is 0. The molecule has 0 atom stereocenters. The highest BCUT2D eigenvalue weighted by molar-refractivity contribution is 6.42. The molecule has 1 fully saturated rings. The van der Waals surface area contributed by atoms with E-state index >= 15 is 0 Å². The summed E-state index contributed by atoms with van der Waals surface area (Å²) in [6, 6.07) is 5.33. The van der Waals surface area contributed by atoms with Gasteiger partial charge in [-0.2, -0.15) is 0 Å². The van der Waals surface area contributed by atoms with Crippen LogP contribution in [0.15, 0.2) is 18.2 Å². The van der Waals surface area contributed by atoms with Crippen molar-refractivity contribution in [2.45, 2.75) is 13.0 Å². The minimum Gasteiger partial charge on any atom is -0.334 e. The predicted molar refractivity (Wildman–Crippen MR) is 64.9 cm³/mol. The smallest absolute Gasteiger partial charge is 0.317 e. The Kier molecular flexibility index (Phi) is 3.56. The molecule has 1 heterocycles. The zero-order valence-electron chi connectivity index (χ0n) is 8.67. The van der Waals surface area contributed by atoms with Crippen LogP contribution in [-0.4, -0.2) is 24.0 Å². The molecular weight excluding hydrogens is 247 g/mol. The lowest BCUT2D eigenvalue weighted by Crippen LogP contribution is -2.47. The first-order valence-corrected chi connectivity index (χ1v) is 5.89. The maximum Gasteiger partial charge on any atom is 0.317 e. The minimum atomic E-state index is -0.0164. The van der Waals surface area contributed by atoms with Gasteiger partial charge in [-0.05, 0) is 24.1 Å². The third kappa shape index (κ3) is 2.60. The largest absolute Gasteiger partial charge is 0.334 e. The predicted octanol–water partition coefficient (Wildman–Crippen LogP) is 2.91. The highest BCUT2D eigenvalue weighted by atomic mass is 35.5. The van der Waals surface area contributed by atoms with Gasteiger partial charge in [0.15, 0.2) is 0 Å². The van der Waals surface area contributed by atoms with Gasteiger partial charge in [-0.25, -0.2) is 4.79 Å². The van der Waals surface area contributed by atoms with Crippen molar-refractivity contribution in [1.29, 1.82) is 0 Å². The van der Waals surface area contributed by atoms with Gasteiger partial charge in [0.05, 0.1) is 10.0 Å². The monoisotopic (exact) mass is 258 g/mol. The normalized spacial score (nSPS) is 14.5. The maximum atomic E-state index is 11.5. The van der Waals surface area contributed by atoms with Crippen LogP contribution >= 0.6 is 23.2 Å². The summed E-state index contributed by atoms with van der Waals surface area (Å²) >= 11 is 11.7. The van der Waals surface area contributed by atoms with Crippen molar-refractivity contribution >= 4 is 29.2 Å². The van der Waals surface area contributed by atoms with Crippen LogP contribution in [0.4, 0.5) is 4.79 Å². The quantitative estimate of drug-likeness (QED) is 0.870. The first-order valence-electron chi connectivity index (χ1n) is 5.13. The molecule has 0 unspecified atom stereocenters. The van der Waals surface area contributed by atoms with Crippen LogP contribution in [0.25, 0.3) is 0 Å². The SMILES string of the molecule is O=C(NCc1ccc(Cl)c(Cl)c1)N1CCC1. The third-order valence-corrected chi connectivity index (χ3v) is 3.31. The van der Waals surface area contributed by atoms with Gasteiger partial charge in [-0.1, -0.05) is 29.3 Å². The molecule has 5 heteroatoms. The molecule has 1 aromatic rings. The van der Waals surface area contributed by atoms with Crippen molar-refractivity contribution in [3.8, 4) is 0 Å². The van der Waals surface area contributed by atoms with Crippen molar-refractivity contribution in [2.75, 3.05) is 13.1 Å². The Balaban J connectivity index is 1.89. The van der Waals surface area contributed by atoms with E-state index in [1.54, 1.807) is 17.0 Å². The van der Waals surface area contributed by atoms with Crippen LogP contribution in [0.1, 0.15) is 12.0 Å². The van der Waals surface area contributed by atoms with Crippen LogP contribution in [0.5, 0.6) is 0 Å². The zero-order valence-corrected chi connectivity index (χ0v) is 10.2. The number of hydrogen-bond donors (Lipinski definition) is 1. The first kappa shape index (κ1) is 11.6. The number of urea groups is 1. The molecular formula is C11H12Cl2N2O. The summed E-state index contributed by atoms with van der Waals surface area (Å²) in [7, 11) is 0. The van der Waals surface area contributed by atoms with Gasteiger partial charge >= 0.3 is 6.03 Å². The van der Waals surface area contributed by atoms with Crippen LogP contribution < -0.4 is 5.32 Å². The number of benzene rings is 1. The van der Waals surface area contributed by atoms with E-state index in [4.69, 9.17) is 23.2 Å². The lowest BCUT2D eigenvalue weighted by atomic mass is 10.2. The molecule has 1 aromatic carbocycles. The van der Waals surface area contributed by atoms with Crippen molar-refractivity contribution in [3.05, 3.63) is 33.8 Å². The van der Waals surface area contributed by atoms with Gasteiger partial charge in [0, 0.05) is 19.6 Å². The Morgan fingerprint density at radius 1 is 1.31 bits per heavy atom. The first-order chi connectivity index (χ1) is 7.66. The lowest BCUT2D eigenvalue weighted by Gasteiger charge is -2.30. The number of rotatable bonds is 2. The van der Waals surface area contributed by atoms with E-state index in [0.717, 1.165) is 25.1 Å². The summed E-state index contributed by atoms with van der Waals surface area (Å²) in [6.07, 6.45) is 1.10. The van der Waals surface area contributed by atoms with Crippen molar-refractivity contribution in [2.24, 2.45) is 0 Å². The van der Waals surface area contributed by atoms with Crippen molar-refractivity contribution in [1.82, 2.24) is 10.2 Å². The third-order valence-electron chi connectivity index (χ3n) is 2.57. The molecule has 86 valence electrons. The Labute approximate surface area is 104 Å². The van der Waals surface area contributed by atoms with Gasteiger partial charge in [-0.3, -0.25) is 0 Å².